The zero-order valence-corrected chi connectivity index (χ0v) is 11.3. The SMILES string of the molecule is Cc1ccc2c(C3(CN)CCCC3)c[nH]c2c1C. The van der Waals surface area contributed by atoms with E-state index in [2.05, 4.69) is 37.2 Å². The van der Waals surface area contributed by atoms with Crippen molar-refractivity contribution in [3.63, 3.8) is 0 Å². The summed E-state index contributed by atoms with van der Waals surface area (Å²) in [5.74, 6) is 0. The van der Waals surface area contributed by atoms with Gasteiger partial charge in [-0.2, -0.15) is 0 Å². The van der Waals surface area contributed by atoms with Gasteiger partial charge in [0.1, 0.15) is 0 Å². The van der Waals surface area contributed by atoms with Gasteiger partial charge in [-0.25, -0.2) is 0 Å². The lowest BCUT2D eigenvalue weighted by Crippen LogP contribution is -2.31. The molecule has 0 atom stereocenters. The monoisotopic (exact) mass is 242 g/mol. The van der Waals surface area contributed by atoms with Crippen molar-refractivity contribution < 1.29 is 0 Å². The van der Waals surface area contributed by atoms with Gasteiger partial charge in [-0.1, -0.05) is 25.0 Å². The predicted molar refractivity (Wildman–Crippen MR) is 77.0 cm³/mol. The van der Waals surface area contributed by atoms with Crippen LogP contribution in [-0.4, -0.2) is 11.5 Å². The number of hydrogen-bond donors (Lipinski definition) is 2. The van der Waals surface area contributed by atoms with E-state index in [4.69, 9.17) is 5.73 Å². The van der Waals surface area contributed by atoms with Gasteiger partial charge in [-0.05, 0) is 43.4 Å². The Labute approximate surface area is 109 Å². The van der Waals surface area contributed by atoms with E-state index in [0.29, 0.717) is 0 Å². The summed E-state index contributed by atoms with van der Waals surface area (Å²) in [6, 6.07) is 4.49. The third-order valence-corrected chi connectivity index (χ3v) is 4.91. The number of benzene rings is 1. The Balaban J connectivity index is 2.21. The molecule has 0 bridgehead atoms. The highest BCUT2D eigenvalue weighted by Crippen LogP contribution is 2.43. The zero-order chi connectivity index (χ0) is 12.8. The van der Waals surface area contributed by atoms with Crippen molar-refractivity contribution in [2.45, 2.75) is 44.9 Å². The Morgan fingerprint density at radius 3 is 2.61 bits per heavy atom. The van der Waals surface area contributed by atoms with Crippen LogP contribution in [-0.2, 0) is 5.41 Å². The smallest absolute Gasteiger partial charge is 0.0489 e. The lowest BCUT2D eigenvalue weighted by Gasteiger charge is -2.27. The first-order valence-electron chi connectivity index (χ1n) is 6.96. The molecule has 2 heteroatoms. The quantitative estimate of drug-likeness (QED) is 0.830. The Morgan fingerprint density at radius 1 is 1.22 bits per heavy atom. The van der Waals surface area contributed by atoms with Crippen LogP contribution in [0.1, 0.15) is 42.4 Å². The third kappa shape index (κ3) is 1.52. The molecule has 1 aromatic carbocycles. The minimum absolute atomic E-state index is 0.222. The van der Waals surface area contributed by atoms with Crippen molar-refractivity contribution in [2.75, 3.05) is 6.54 Å². The average Bonchev–Trinajstić information content (AvgIpc) is 3.01. The maximum atomic E-state index is 6.11. The van der Waals surface area contributed by atoms with Gasteiger partial charge in [0.15, 0.2) is 0 Å². The van der Waals surface area contributed by atoms with Crippen LogP contribution in [0.15, 0.2) is 18.3 Å². The average molecular weight is 242 g/mol. The molecular weight excluding hydrogens is 220 g/mol. The van der Waals surface area contributed by atoms with Crippen LogP contribution in [0, 0.1) is 13.8 Å². The maximum absolute atomic E-state index is 6.11. The molecule has 0 unspecified atom stereocenters. The highest BCUT2D eigenvalue weighted by Gasteiger charge is 2.36. The van der Waals surface area contributed by atoms with Crippen LogP contribution in [0.5, 0.6) is 0 Å². The molecular formula is C16H22N2. The van der Waals surface area contributed by atoms with E-state index < -0.39 is 0 Å². The van der Waals surface area contributed by atoms with Gasteiger partial charge in [-0.15, -0.1) is 0 Å². The van der Waals surface area contributed by atoms with Crippen molar-refractivity contribution in [3.8, 4) is 0 Å². The molecule has 0 spiro atoms. The number of aromatic amines is 1. The molecule has 96 valence electrons. The highest BCUT2D eigenvalue weighted by atomic mass is 14.7. The van der Waals surface area contributed by atoms with Crippen molar-refractivity contribution >= 4 is 10.9 Å². The summed E-state index contributed by atoms with van der Waals surface area (Å²) in [4.78, 5) is 3.48. The fourth-order valence-corrected chi connectivity index (χ4v) is 3.52. The van der Waals surface area contributed by atoms with Gasteiger partial charge in [-0.3, -0.25) is 0 Å². The Hall–Kier alpha value is -1.28. The van der Waals surface area contributed by atoms with Crippen molar-refractivity contribution in [1.82, 2.24) is 4.98 Å². The van der Waals surface area contributed by atoms with E-state index in [1.54, 1.807) is 0 Å². The first kappa shape index (κ1) is 11.8. The van der Waals surface area contributed by atoms with E-state index in [1.807, 2.05) is 0 Å². The predicted octanol–water partition coefficient (Wildman–Crippen LogP) is 3.56. The molecule has 0 saturated heterocycles. The molecule has 0 amide bonds. The van der Waals surface area contributed by atoms with Gasteiger partial charge in [0.05, 0.1) is 0 Å². The molecule has 3 rings (SSSR count). The third-order valence-electron chi connectivity index (χ3n) is 4.91. The minimum atomic E-state index is 0.222. The number of fused-ring (bicyclic) bond motifs is 1. The fraction of sp³-hybridized carbons (Fsp3) is 0.500. The van der Waals surface area contributed by atoms with Gasteiger partial charge < -0.3 is 10.7 Å². The second-order valence-corrected chi connectivity index (χ2v) is 5.82. The van der Waals surface area contributed by atoms with Crippen LogP contribution in [0.3, 0.4) is 0 Å². The summed E-state index contributed by atoms with van der Waals surface area (Å²) in [6.07, 6.45) is 7.31. The minimum Gasteiger partial charge on any atom is -0.361 e. The first-order valence-corrected chi connectivity index (χ1v) is 6.96. The molecule has 1 aliphatic carbocycles. The first-order chi connectivity index (χ1) is 8.68. The van der Waals surface area contributed by atoms with Crippen molar-refractivity contribution in [1.29, 1.82) is 0 Å². The Kier molecular flexibility index (Phi) is 2.70. The number of rotatable bonds is 2. The number of aryl methyl sites for hydroxylation is 2. The number of nitrogens with two attached hydrogens (primary N) is 1. The molecule has 1 heterocycles. The van der Waals surface area contributed by atoms with Gasteiger partial charge in [0.25, 0.3) is 0 Å². The molecule has 2 aromatic rings. The van der Waals surface area contributed by atoms with Crippen LogP contribution in [0.25, 0.3) is 10.9 Å². The largest absolute Gasteiger partial charge is 0.361 e. The summed E-state index contributed by atoms with van der Waals surface area (Å²) < 4.78 is 0. The number of nitrogens with one attached hydrogen (secondary N) is 1. The van der Waals surface area contributed by atoms with Crippen molar-refractivity contribution in [3.05, 3.63) is 35.0 Å². The van der Waals surface area contributed by atoms with Crippen LogP contribution in [0.4, 0.5) is 0 Å². The second-order valence-electron chi connectivity index (χ2n) is 5.82. The molecule has 1 saturated carbocycles. The van der Waals surface area contributed by atoms with E-state index in [0.717, 1.165) is 6.54 Å². The molecule has 1 aromatic heterocycles. The normalized spacial score (nSPS) is 18.6. The number of hydrogen-bond acceptors (Lipinski definition) is 1. The zero-order valence-electron chi connectivity index (χ0n) is 11.3. The van der Waals surface area contributed by atoms with Crippen LogP contribution < -0.4 is 5.73 Å². The summed E-state index contributed by atoms with van der Waals surface area (Å²) in [5.41, 5.74) is 11.8. The molecule has 0 radical (unpaired) electrons. The Morgan fingerprint density at radius 2 is 1.94 bits per heavy atom. The van der Waals surface area contributed by atoms with E-state index in [1.165, 1.54) is 53.3 Å². The molecule has 0 aliphatic heterocycles. The highest BCUT2D eigenvalue weighted by molar-refractivity contribution is 5.88. The number of H-pyrrole nitrogens is 1. The topological polar surface area (TPSA) is 41.8 Å². The molecule has 2 nitrogen and oxygen atoms in total. The van der Waals surface area contributed by atoms with E-state index >= 15 is 0 Å². The summed E-state index contributed by atoms with van der Waals surface area (Å²) >= 11 is 0. The van der Waals surface area contributed by atoms with Crippen LogP contribution >= 0.6 is 0 Å². The summed E-state index contributed by atoms with van der Waals surface area (Å²) in [7, 11) is 0. The molecule has 1 fully saturated rings. The lowest BCUT2D eigenvalue weighted by molar-refractivity contribution is 0.457. The Bertz CT molecular complexity index is 574. The number of aromatic nitrogens is 1. The maximum Gasteiger partial charge on any atom is 0.0489 e. The summed E-state index contributed by atoms with van der Waals surface area (Å²) in [6.45, 7) is 5.14. The lowest BCUT2D eigenvalue weighted by atomic mass is 9.78. The van der Waals surface area contributed by atoms with Crippen molar-refractivity contribution in [2.24, 2.45) is 5.73 Å². The van der Waals surface area contributed by atoms with E-state index in [-0.39, 0.29) is 5.41 Å². The van der Waals surface area contributed by atoms with Gasteiger partial charge in [0.2, 0.25) is 0 Å². The second kappa shape index (κ2) is 4.13. The molecule has 18 heavy (non-hydrogen) atoms. The van der Waals surface area contributed by atoms with E-state index in [9.17, 15) is 0 Å². The summed E-state index contributed by atoms with van der Waals surface area (Å²) in [5, 5.41) is 1.38. The molecule has 3 N–H and O–H groups in total. The van der Waals surface area contributed by atoms with Gasteiger partial charge >= 0.3 is 0 Å². The molecule has 1 aliphatic rings. The fourth-order valence-electron chi connectivity index (χ4n) is 3.52. The van der Waals surface area contributed by atoms with Crippen LogP contribution in [0.2, 0.25) is 0 Å². The standard InChI is InChI=1S/C16H22N2/c1-11-5-6-13-14(9-18-15(13)12(11)2)16(10-17)7-3-4-8-16/h5-6,9,18H,3-4,7-8,10,17H2,1-2H3. The van der Waals surface area contributed by atoms with Gasteiger partial charge in [0, 0.05) is 29.1 Å².